The second-order valence-electron chi connectivity index (χ2n) is 7.29. The average Bonchev–Trinajstić information content (AvgIpc) is 2.74. The van der Waals surface area contributed by atoms with Gasteiger partial charge in [0.25, 0.3) is 5.91 Å². The number of aromatic nitrogens is 1. The van der Waals surface area contributed by atoms with Crippen molar-refractivity contribution in [1.29, 1.82) is 0 Å². The number of aryl methyl sites for hydroxylation is 1. The van der Waals surface area contributed by atoms with E-state index in [4.69, 9.17) is 9.47 Å². The number of rotatable bonds is 6. The van der Waals surface area contributed by atoms with E-state index in [1.807, 2.05) is 30.3 Å². The van der Waals surface area contributed by atoms with Crippen LogP contribution < -0.4 is 15.5 Å². The molecule has 1 heterocycles. The Hall–Kier alpha value is -3.09. The van der Waals surface area contributed by atoms with Crippen molar-refractivity contribution in [2.45, 2.75) is 38.3 Å². The van der Waals surface area contributed by atoms with Crippen molar-refractivity contribution in [3.8, 4) is 5.75 Å². The summed E-state index contributed by atoms with van der Waals surface area (Å²) in [5, 5.41) is 2.99. The van der Waals surface area contributed by atoms with E-state index in [0.717, 1.165) is 5.56 Å². The fourth-order valence-corrected chi connectivity index (χ4v) is 3.63. The van der Waals surface area contributed by atoms with Crippen LogP contribution in [0, 0.1) is 5.92 Å². The van der Waals surface area contributed by atoms with Gasteiger partial charge in [0.1, 0.15) is 6.61 Å². The third kappa shape index (κ3) is 5.04. The number of hydrogen-bond acceptors (Lipinski definition) is 5. The molecule has 29 heavy (non-hydrogen) atoms. The van der Waals surface area contributed by atoms with Crippen molar-refractivity contribution in [3.63, 3.8) is 0 Å². The Balaban J connectivity index is 1.71. The number of esters is 1. The van der Waals surface area contributed by atoms with Crippen molar-refractivity contribution >= 4 is 11.9 Å². The molecule has 0 unspecified atom stereocenters. The van der Waals surface area contributed by atoms with Crippen LogP contribution in [0.25, 0.3) is 0 Å². The number of benzene rings is 1. The lowest BCUT2D eigenvalue weighted by molar-refractivity contribution is -0.146. The summed E-state index contributed by atoms with van der Waals surface area (Å²) in [7, 11) is 3.10. The Bertz CT molecular complexity index is 915. The Morgan fingerprint density at radius 1 is 1.10 bits per heavy atom. The van der Waals surface area contributed by atoms with Gasteiger partial charge in [0.15, 0.2) is 11.4 Å². The zero-order valence-electron chi connectivity index (χ0n) is 16.7. The van der Waals surface area contributed by atoms with Gasteiger partial charge in [-0.25, -0.2) is 0 Å². The van der Waals surface area contributed by atoms with Crippen LogP contribution >= 0.6 is 0 Å². The van der Waals surface area contributed by atoms with Crippen molar-refractivity contribution in [1.82, 2.24) is 9.88 Å². The predicted octanol–water partition coefficient (Wildman–Crippen LogP) is 2.43. The number of carbonyl (C=O) groups excluding carboxylic acids is 2. The van der Waals surface area contributed by atoms with Crippen LogP contribution in [0.15, 0.2) is 47.4 Å². The monoisotopic (exact) mass is 398 g/mol. The van der Waals surface area contributed by atoms with E-state index in [1.54, 1.807) is 17.8 Å². The lowest BCUT2D eigenvalue weighted by Crippen LogP contribution is -2.40. The summed E-state index contributed by atoms with van der Waals surface area (Å²) in [6.07, 6.45) is 4.27. The van der Waals surface area contributed by atoms with Crippen LogP contribution in [0.3, 0.4) is 0 Å². The number of nitrogens with one attached hydrogen (secondary N) is 1. The molecule has 1 aliphatic rings. The highest BCUT2D eigenvalue weighted by molar-refractivity contribution is 5.95. The molecule has 1 amide bonds. The predicted molar refractivity (Wildman–Crippen MR) is 108 cm³/mol. The summed E-state index contributed by atoms with van der Waals surface area (Å²) in [4.78, 5) is 37.0. The molecule has 0 saturated heterocycles. The molecule has 1 fully saturated rings. The maximum absolute atomic E-state index is 12.9. The zero-order valence-corrected chi connectivity index (χ0v) is 16.7. The Morgan fingerprint density at radius 3 is 2.45 bits per heavy atom. The Kier molecular flexibility index (Phi) is 6.69. The Morgan fingerprint density at radius 2 is 1.79 bits per heavy atom. The van der Waals surface area contributed by atoms with Gasteiger partial charge in [-0.3, -0.25) is 14.4 Å². The number of methoxy groups -OCH3 is 1. The minimum absolute atomic E-state index is 0.0413. The topological polar surface area (TPSA) is 86.6 Å². The van der Waals surface area contributed by atoms with E-state index in [9.17, 15) is 14.4 Å². The number of amides is 1. The standard InChI is InChI=1S/C22H26N2O5/c1-24-13-12-18(25)20(29-14-15-6-4-3-5-7-15)19(24)21(26)23-17-10-8-16(9-11-17)22(27)28-2/h3-7,12-13,16-17H,8-11,14H2,1-2H3,(H,23,26). The molecular formula is C22H26N2O5. The van der Waals surface area contributed by atoms with Gasteiger partial charge < -0.3 is 19.4 Å². The molecule has 1 saturated carbocycles. The molecule has 0 radical (unpaired) electrons. The normalized spacial score (nSPS) is 18.7. The molecule has 0 bridgehead atoms. The van der Waals surface area contributed by atoms with Crippen molar-refractivity contribution in [2.75, 3.05) is 7.11 Å². The maximum Gasteiger partial charge on any atom is 0.308 e. The third-order valence-corrected chi connectivity index (χ3v) is 5.28. The van der Waals surface area contributed by atoms with Crippen molar-refractivity contribution in [2.24, 2.45) is 13.0 Å². The quantitative estimate of drug-likeness (QED) is 0.756. The molecule has 7 heteroatoms. The van der Waals surface area contributed by atoms with Gasteiger partial charge in [-0.05, 0) is 31.2 Å². The van der Waals surface area contributed by atoms with E-state index in [1.165, 1.54) is 13.2 Å². The summed E-state index contributed by atoms with van der Waals surface area (Å²) in [6.45, 7) is 0.199. The first-order valence-corrected chi connectivity index (χ1v) is 9.74. The molecule has 3 rings (SSSR count). The molecule has 0 spiro atoms. The molecule has 1 aromatic carbocycles. The fraction of sp³-hybridized carbons (Fsp3) is 0.409. The first-order chi connectivity index (χ1) is 14.0. The molecular weight excluding hydrogens is 372 g/mol. The van der Waals surface area contributed by atoms with E-state index in [2.05, 4.69) is 5.32 Å². The molecule has 154 valence electrons. The summed E-state index contributed by atoms with van der Waals surface area (Å²) < 4.78 is 12.1. The van der Waals surface area contributed by atoms with Gasteiger partial charge in [-0.15, -0.1) is 0 Å². The second kappa shape index (κ2) is 9.41. The lowest BCUT2D eigenvalue weighted by atomic mass is 9.86. The average molecular weight is 398 g/mol. The molecule has 0 atom stereocenters. The van der Waals surface area contributed by atoms with Gasteiger partial charge in [-0.1, -0.05) is 30.3 Å². The number of hydrogen-bond donors (Lipinski definition) is 1. The van der Waals surface area contributed by atoms with E-state index in [0.29, 0.717) is 25.7 Å². The molecule has 1 aromatic heterocycles. The van der Waals surface area contributed by atoms with Crippen molar-refractivity contribution in [3.05, 3.63) is 64.1 Å². The van der Waals surface area contributed by atoms with Gasteiger partial charge in [0.2, 0.25) is 5.43 Å². The van der Waals surface area contributed by atoms with Gasteiger partial charge in [-0.2, -0.15) is 0 Å². The Labute approximate surface area is 169 Å². The zero-order chi connectivity index (χ0) is 20.8. The summed E-state index contributed by atoms with van der Waals surface area (Å²) >= 11 is 0. The highest BCUT2D eigenvalue weighted by Crippen LogP contribution is 2.26. The first kappa shape index (κ1) is 20.6. The third-order valence-electron chi connectivity index (χ3n) is 5.28. The molecule has 1 N–H and O–H groups in total. The second-order valence-corrected chi connectivity index (χ2v) is 7.29. The molecule has 0 aliphatic heterocycles. The minimum atomic E-state index is -0.352. The van der Waals surface area contributed by atoms with Crippen LogP contribution in [0.5, 0.6) is 5.75 Å². The number of carbonyl (C=O) groups is 2. The molecule has 2 aromatic rings. The van der Waals surface area contributed by atoms with E-state index >= 15 is 0 Å². The number of nitrogens with zero attached hydrogens (tertiary/aromatic N) is 1. The highest BCUT2D eigenvalue weighted by atomic mass is 16.5. The van der Waals surface area contributed by atoms with E-state index < -0.39 is 0 Å². The smallest absolute Gasteiger partial charge is 0.308 e. The summed E-state index contributed by atoms with van der Waals surface area (Å²) in [6, 6.07) is 10.8. The van der Waals surface area contributed by atoms with Crippen LogP contribution in [0.4, 0.5) is 0 Å². The number of ether oxygens (including phenoxy) is 2. The van der Waals surface area contributed by atoms with Crippen molar-refractivity contribution < 1.29 is 19.1 Å². The fourth-order valence-electron chi connectivity index (χ4n) is 3.63. The summed E-state index contributed by atoms with van der Waals surface area (Å²) in [5.41, 5.74) is 0.771. The molecule has 7 nitrogen and oxygen atoms in total. The number of pyridine rings is 1. The largest absolute Gasteiger partial charge is 0.483 e. The van der Waals surface area contributed by atoms with Gasteiger partial charge in [0.05, 0.1) is 13.0 Å². The summed E-state index contributed by atoms with van der Waals surface area (Å²) in [5.74, 6) is -0.620. The SMILES string of the molecule is COC(=O)C1CCC(NC(=O)c2c(OCc3ccccc3)c(=O)ccn2C)CC1. The first-order valence-electron chi connectivity index (χ1n) is 9.74. The van der Waals surface area contributed by atoms with Gasteiger partial charge in [0, 0.05) is 25.4 Å². The highest BCUT2D eigenvalue weighted by Gasteiger charge is 2.29. The lowest BCUT2D eigenvalue weighted by Gasteiger charge is -2.28. The van der Waals surface area contributed by atoms with Gasteiger partial charge >= 0.3 is 5.97 Å². The van der Waals surface area contributed by atoms with Crippen LogP contribution in [0.2, 0.25) is 0 Å². The maximum atomic E-state index is 12.9. The molecule has 1 aliphatic carbocycles. The van der Waals surface area contributed by atoms with Crippen LogP contribution in [0.1, 0.15) is 41.7 Å². The van der Waals surface area contributed by atoms with E-state index in [-0.39, 0.29) is 47.3 Å². The minimum Gasteiger partial charge on any atom is -0.483 e. The van der Waals surface area contributed by atoms with Crippen LogP contribution in [-0.2, 0) is 23.2 Å². The van der Waals surface area contributed by atoms with Crippen LogP contribution in [-0.4, -0.2) is 29.6 Å².